The number of ether oxygens (including phenoxy) is 2. The Morgan fingerprint density at radius 3 is 1.92 bits per heavy atom. The third-order valence-corrected chi connectivity index (χ3v) is 23.2. The van der Waals surface area contributed by atoms with Crippen LogP contribution in [-0.2, 0) is 62.6 Å². The van der Waals surface area contributed by atoms with Crippen molar-refractivity contribution in [3.8, 4) is 40.4 Å². The van der Waals surface area contributed by atoms with Crippen molar-refractivity contribution in [3.63, 3.8) is 0 Å². The summed E-state index contributed by atoms with van der Waals surface area (Å²) in [7, 11) is -12.4. The van der Waals surface area contributed by atoms with Gasteiger partial charge in [0.15, 0.2) is 28.9 Å². The smallest absolute Gasteiger partial charge is 0.264 e. The number of azo groups is 2. The molecule has 11 aromatic rings. The summed E-state index contributed by atoms with van der Waals surface area (Å²) in [5.74, 6) is -1.03. The third-order valence-electron chi connectivity index (χ3n) is 18.7. The number of phenolic OH excluding ortho intramolecular Hbond substituents is 3. The monoisotopic (exact) mass is 1670 g/mol. The Morgan fingerprint density at radius 2 is 1.26 bits per heavy atom. The van der Waals surface area contributed by atoms with Crippen LogP contribution in [0.2, 0.25) is 15.1 Å². The number of sulfonamides is 3. The number of phenols is 3. The van der Waals surface area contributed by atoms with Crippen molar-refractivity contribution < 1.29 is 59.2 Å². The molecule has 0 saturated carbocycles. The Labute approximate surface area is 672 Å². The van der Waals surface area contributed by atoms with Crippen molar-refractivity contribution in [3.05, 3.63) is 210 Å². The maximum Gasteiger partial charge on any atom is 0.264 e. The van der Waals surface area contributed by atoms with E-state index in [1.54, 1.807) is 56.0 Å². The molecule has 8 aromatic carbocycles. The van der Waals surface area contributed by atoms with Crippen LogP contribution in [0.3, 0.4) is 0 Å². The molecule has 1 amide bonds. The van der Waals surface area contributed by atoms with Gasteiger partial charge in [-0.1, -0.05) is 86.8 Å². The number of aromatic amines is 1. The highest BCUT2D eigenvalue weighted by Gasteiger charge is 2.31. The number of rotatable bonds is 22. The van der Waals surface area contributed by atoms with Crippen LogP contribution in [0.5, 0.6) is 17.2 Å². The van der Waals surface area contributed by atoms with Crippen molar-refractivity contribution in [2.24, 2.45) is 20.5 Å². The molecule has 8 N–H and O–H groups in total. The van der Waals surface area contributed by atoms with Crippen molar-refractivity contribution in [1.29, 1.82) is 5.26 Å². The number of fused-ring (bicyclic) bond motifs is 1. The fraction of sp³-hybridized carbons (Fsp3) is 0.269. The van der Waals surface area contributed by atoms with E-state index in [0.29, 0.717) is 80.8 Å². The number of nitrogens with zero attached hydrogens (tertiary/aromatic N) is 12. The molecule has 2 aliphatic rings. The fourth-order valence-electron chi connectivity index (χ4n) is 12.6. The second-order valence-electron chi connectivity index (χ2n) is 28.2. The molecule has 29 nitrogen and oxygen atoms in total. The number of aromatic hydroxyl groups is 3. The zero-order chi connectivity index (χ0) is 81.9. The first-order valence-electron chi connectivity index (χ1n) is 35.6. The molecule has 2 saturated heterocycles. The van der Waals surface area contributed by atoms with E-state index in [0.717, 1.165) is 92.0 Å². The van der Waals surface area contributed by atoms with Gasteiger partial charge in [0.2, 0.25) is 21.6 Å². The Morgan fingerprint density at radius 1 is 0.640 bits per heavy atom. The van der Waals surface area contributed by atoms with Gasteiger partial charge < -0.3 is 39.9 Å². The zero-order valence-electron chi connectivity index (χ0n) is 63.1. The predicted molar refractivity (Wildman–Crippen MR) is 436 cm³/mol. The quantitative estimate of drug-likeness (QED) is 0.0231. The molecular weight excluding hydrogens is 1590 g/mol. The van der Waals surface area contributed by atoms with Gasteiger partial charge in [0.05, 0.1) is 93.8 Å². The summed E-state index contributed by atoms with van der Waals surface area (Å²) in [5.41, 5.74) is 11.0. The van der Waals surface area contributed by atoms with Crippen LogP contribution in [0.25, 0.3) is 22.7 Å². The van der Waals surface area contributed by atoms with Crippen LogP contribution in [0, 0.1) is 44.8 Å². The molecule has 594 valence electrons. The molecule has 3 aromatic heterocycles. The molecule has 5 heterocycles. The second-order valence-corrected chi connectivity index (χ2v) is 34.5. The minimum absolute atomic E-state index is 0.00890. The van der Waals surface area contributed by atoms with E-state index in [4.69, 9.17) is 49.3 Å². The van der Waals surface area contributed by atoms with Gasteiger partial charge in [0, 0.05) is 61.4 Å². The van der Waals surface area contributed by atoms with Crippen LogP contribution in [-0.4, -0.2) is 135 Å². The Hall–Kier alpha value is -11.2. The fourth-order valence-corrected chi connectivity index (χ4v) is 16.6. The Balaban J connectivity index is 0.000000211. The Bertz CT molecular complexity index is 6040. The molecule has 0 atom stereocenters. The number of aromatic nitrogens is 6. The van der Waals surface area contributed by atoms with Crippen molar-refractivity contribution in [2.45, 2.75) is 89.9 Å². The first-order valence-corrected chi connectivity index (χ1v) is 41.6. The molecule has 0 spiro atoms. The first-order chi connectivity index (χ1) is 54.0. The van der Waals surface area contributed by atoms with Crippen LogP contribution in [0.1, 0.15) is 89.9 Å². The van der Waals surface area contributed by atoms with E-state index in [1.165, 1.54) is 59.4 Å². The van der Waals surface area contributed by atoms with Crippen LogP contribution in [0.15, 0.2) is 164 Å². The normalized spacial score (nSPS) is 13.6. The summed E-state index contributed by atoms with van der Waals surface area (Å²) in [6, 6.07) is 35.6. The van der Waals surface area contributed by atoms with E-state index >= 15 is 4.39 Å². The summed E-state index contributed by atoms with van der Waals surface area (Å²) in [6.07, 6.45) is 3.45. The van der Waals surface area contributed by atoms with Crippen molar-refractivity contribution in [2.75, 3.05) is 88.1 Å². The van der Waals surface area contributed by atoms with Gasteiger partial charge in [-0.2, -0.15) is 15.0 Å². The number of nitriles is 1. The van der Waals surface area contributed by atoms with Gasteiger partial charge in [-0.05, 0) is 182 Å². The molecule has 2 fully saturated rings. The number of anilines is 6. The largest absolute Gasteiger partial charge is 0.508 e. The molecule has 2 aliphatic heterocycles. The van der Waals surface area contributed by atoms with Gasteiger partial charge in [-0.25, -0.2) is 39.3 Å². The lowest BCUT2D eigenvalue weighted by Crippen LogP contribution is -2.37. The Kier molecular flexibility index (Phi) is 24.4. The number of hydrogen-bond donors (Lipinski definition) is 8. The average Bonchev–Trinajstić information content (AvgIpc) is 1.52. The number of aryl methyl sites for hydroxylation is 4. The molecule has 0 radical (unpaired) electrons. The SMILES string of the molecule is CCC(=O)Nc1cc(N=Nc2c(C#N)cnn2-c2cc(Cl)c(S(=O)(=O)Nc3ccc(N4CCOCC4)c(S(=O)(=O)Nc4cc(C)c(C)cc4O)c3)cc2Cl)cc(Cl)c1O.Cc1cc(O)c(Cc2cc(Cc3ccc(N=Nc4c(C(C)(C)C)[nH]n5nc(-c6ccc(NS(C)(=O)=O)cc6)nc45)c(F)c3)ccc2N2CCOCC2)cc1C. The number of benzene rings is 8. The number of hydrogen-bond acceptors (Lipinski definition) is 22. The topological polar surface area (TPSA) is 390 Å². The summed E-state index contributed by atoms with van der Waals surface area (Å²) in [4.78, 5) is 20.0. The van der Waals surface area contributed by atoms with E-state index in [2.05, 4.69) is 91.3 Å². The predicted octanol–water partition coefficient (Wildman–Crippen LogP) is 16.2. The third kappa shape index (κ3) is 19.0. The number of nitrogens with one attached hydrogen (secondary N) is 5. The molecule has 0 bridgehead atoms. The second kappa shape index (κ2) is 33.8. The van der Waals surface area contributed by atoms with E-state index < -0.39 is 46.7 Å². The maximum atomic E-state index is 15.7. The lowest BCUT2D eigenvalue weighted by atomic mass is 9.91. The van der Waals surface area contributed by atoms with Gasteiger partial charge in [-0.3, -0.25) is 24.1 Å². The minimum atomic E-state index is -4.56. The molecule has 114 heavy (non-hydrogen) atoms. The maximum absolute atomic E-state index is 15.7. The minimum Gasteiger partial charge on any atom is -0.508 e. The lowest BCUT2D eigenvalue weighted by molar-refractivity contribution is -0.115. The average molecular weight is 1670 g/mol. The van der Waals surface area contributed by atoms with Gasteiger partial charge in [-0.15, -0.1) is 25.6 Å². The van der Waals surface area contributed by atoms with Crippen LogP contribution >= 0.6 is 34.8 Å². The lowest BCUT2D eigenvalue weighted by Gasteiger charge is -2.31. The molecule has 0 unspecified atom stereocenters. The standard InChI is InChI=1S/C41H45FN8O4S.C37H34Cl3N9O8S2/c1-25-19-31(36(51)20-26(25)2)24-30-22-27(8-14-35(30)49-15-17-54-18-16-49)21-28-7-13-34(33(42)23-28)44-45-37-38(41(3,4)5)46-50-40(37)43-39(47-50)29-9-11-32(12-10-29)48-55(6,52)53;1-4-35(51)43-29-14-24(13-27(40)36(29)52)44-45-37-22(18-41)19-42-49(37)31-16-26(39)33(17-25(31)38)58(53,54)46-23-5-6-30(48-7-9-57-10-8-48)34(15-23)59(55,56)47-28-11-20(2)21(3)12-32(28)50/h7-14,19-20,22-23,46,48,51H,15-18,21,24H2,1-6H3;5-6,11-17,19,46-47,50,52H,4,7-10H2,1-3H3,(H,43,51). The molecule has 36 heteroatoms. The summed E-state index contributed by atoms with van der Waals surface area (Å²) in [6.45, 7) is 19.5. The molecule has 13 rings (SSSR count). The zero-order valence-corrected chi connectivity index (χ0v) is 67.8. The van der Waals surface area contributed by atoms with Crippen LogP contribution in [0.4, 0.5) is 61.4 Å². The number of morpholine rings is 2. The van der Waals surface area contributed by atoms with Crippen molar-refractivity contribution in [1.82, 2.24) is 29.6 Å². The number of H-pyrrole nitrogens is 1. The van der Waals surface area contributed by atoms with Gasteiger partial charge >= 0.3 is 0 Å². The van der Waals surface area contributed by atoms with Crippen LogP contribution < -0.4 is 29.3 Å². The van der Waals surface area contributed by atoms with Gasteiger partial charge in [0.25, 0.3) is 20.0 Å². The highest BCUT2D eigenvalue weighted by Crippen LogP contribution is 2.42. The number of halogens is 4. The number of carbonyl (C=O) groups excluding carboxylic acids is 1. The first kappa shape index (κ1) is 82.2. The highest BCUT2D eigenvalue weighted by atomic mass is 35.5. The summed E-state index contributed by atoms with van der Waals surface area (Å²) >= 11 is 19.3. The van der Waals surface area contributed by atoms with Crippen molar-refractivity contribution >= 4 is 133 Å². The van der Waals surface area contributed by atoms with E-state index in [9.17, 15) is 50.6 Å². The summed E-state index contributed by atoms with van der Waals surface area (Å²) < 4.78 is 116. The molecule has 0 aliphatic carbocycles. The van der Waals surface area contributed by atoms with E-state index in [1.807, 2.05) is 45.9 Å². The molecular formula is C78H79Cl3FN17O12S3. The van der Waals surface area contributed by atoms with Gasteiger partial charge in [0.1, 0.15) is 38.6 Å². The summed E-state index contributed by atoms with van der Waals surface area (Å²) in [5, 5.41) is 72.4. The number of carbonyl (C=O) groups is 1. The number of amides is 1. The highest BCUT2D eigenvalue weighted by molar-refractivity contribution is 7.93. The van der Waals surface area contributed by atoms with E-state index in [-0.39, 0.29) is 100 Å².